The zero-order chi connectivity index (χ0) is 14.6. The topological polar surface area (TPSA) is 75.6 Å². The van der Waals surface area contributed by atoms with E-state index in [1.807, 2.05) is 6.92 Å². The Kier molecular flexibility index (Phi) is 5.34. The van der Waals surface area contributed by atoms with Crippen LogP contribution in [0.4, 0.5) is 0 Å². The summed E-state index contributed by atoms with van der Waals surface area (Å²) in [5, 5.41) is 9.15. The maximum absolute atomic E-state index is 12.1. The van der Waals surface area contributed by atoms with Gasteiger partial charge in [-0.15, -0.1) is 0 Å². The van der Waals surface area contributed by atoms with Crippen LogP contribution in [0.25, 0.3) is 0 Å². The van der Waals surface area contributed by atoms with Crippen LogP contribution < -0.4 is 9.46 Å². The van der Waals surface area contributed by atoms with Crippen molar-refractivity contribution in [3.05, 3.63) is 23.3 Å². The molecule has 0 saturated carbocycles. The van der Waals surface area contributed by atoms with Crippen LogP contribution in [0.3, 0.4) is 0 Å². The Bertz CT molecular complexity index is 538. The fraction of sp³-hybridized carbons (Fsp3) is 0.538. The molecule has 0 spiro atoms. The van der Waals surface area contributed by atoms with E-state index in [-0.39, 0.29) is 11.4 Å². The van der Waals surface area contributed by atoms with Crippen molar-refractivity contribution in [3.63, 3.8) is 0 Å². The van der Waals surface area contributed by atoms with Gasteiger partial charge in [0.25, 0.3) is 0 Å². The van der Waals surface area contributed by atoms with Gasteiger partial charge in [0, 0.05) is 6.54 Å². The molecule has 2 N–H and O–H groups in total. The molecule has 0 heterocycles. The Labute approximate surface area is 114 Å². The Hall–Kier alpha value is -1.11. The summed E-state index contributed by atoms with van der Waals surface area (Å²) >= 11 is 0. The number of aliphatic hydroxyl groups is 1. The fourth-order valence-corrected chi connectivity index (χ4v) is 3.10. The smallest absolute Gasteiger partial charge is 0.240 e. The standard InChI is InChI=1S/C13H21NO4S/c1-5-18-12-6-10(3)13(7-9(12)2)19(16,17)14-8-11(4)15/h6-7,11,14-15H,5,8H2,1-4H3/t11-/m1/s1. The molecule has 5 nitrogen and oxygen atoms in total. The van der Waals surface area contributed by atoms with Gasteiger partial charge in [-0.25, -0.2) is 13.1 Å². The van der Waals surface area contributed by atoms with Gasteiger partial charge in [-0.1, -0.05) is 0 Å². The molecule has 1 atom stereocenters. The third-order valence-electron chi connectivity index (χ3n) is 2.63. The molecule has 0 bridgehead atoms. The van der Waals surface area contributed by atoms with Crippen LogP contribution in [0, 0.1) is 13.8 Å². The van der Waals surface area contributed by atoms with E-state index in [4.69, 9.17) is 9.84 Å². The number of hydrogen-bond acceptors (Lipinski definition) is 4. The summed E-state index contributed by atoms with van der Waals surface area (Å²) in [5.74, 6) is 0.689. The molecule has 0 radical (unpaired) electrons. The van der Waals surface area contributed by atoms with E-state index in [2.05, 4.69) is 4.72 Å². The van der Waals surface area contributed by atoms with E-state index >= 15 is 0 Å². The average Bonchev–Trinajstić information content (AvgIpc) is 2.31. The first kappa shape index (κ1) is 15.9. The first-order valence-electron chi connectivity index (χ1n) is 6.19. The monoisotopic (exact) mass is 287 g/mol. The van der Waals surface area contributed by atoms with Crippen LogP contribution in [-0.4, -0.2) is 32.8 Å². The van der Waals surface area contributed by atoms with Crippen LogP contribution in [0.15, 0.2) is 17.0 Å². The molecular weight excluding hydrogens is 266 g/mol. The molecule has 19 heavy (non-hydrogen) atoms. The van der Waals surface area contributed by atoms with Gasteiger partial charge >= 0.3 is 0 Å². The van der Waals surface area contributed by atoms with Crippen molar-refractivity contribution in [3.8, 4) is 5.75 Å². The number of aliphatic hydroxyl groups excluding tert-OH is 1. The lowest BCUT2D eigenvalue weighted by Gasteiger charge is -2.14. The zero-order valence-electron chi connectivity index (χ0n) is 11.7. The summed E-state index contributed by atoms with van der Waals surface area (Å²) in [5.41, 5.74) is 1.39. The SMILES string of the molecule is CCOc1cc(C)c(S(=O)(=O)NC[C@@H](C)O)cc1C. The summed E-state index contributed by atoms with van der Waals surface area (Å²) in [6, 6.07) is 3.31. The molecule has 0 unspecified atom stereocenters. The lowest BCUT2D eigenvalue weighted by atomic mass is 10.1. The van der Waals surface area contributed by atoms with Crippen LogP contribution >= 0.6 is 0 Å². The largest absolute Gasteiger partial charge is 0.494 e. The summed E-state index contributed by atoms with van der Waals surface area (Å²) in [6.07, 6.45) is -0.723. The number of nitrogens with one attached hydrogen (secondary N) is 1. The molecule has 0 fully saturated rings. The Morgan fingerprint density at radius 3 is 2.47 bits per heavy atom. The van der Waals surface area contributed by atoms with Crippen molar-refractivity contribution in [2.45, 2.75) is 38.7 Å². The van der Waals surface area contributed by atoms with Gasteiger partial charge in [-0.05, 0) is 51.0 Å². The van der Waals surface area contributed by atoms with Gasteiger partial charge in [-0.3, -0.25) is 0 Å². The molecule has 0 aromatic heterocycles. The second-order valence-corrected chi connectivity index (χ2v) is 6.25. The van der Waals surface area contributed by atoms with Gasteiger partial charge in [0.1, 0.15) is 5.75 Å². The van der Waals surface area contributed by atoms with Gasteiger partial charge < -0.3 is 9.84 Å². The molecule has 108 valence electrons. The predicted molar refractivity (Wildman–Crippen MR) is 74.0 cm³/mol. The Morgan fingerprint density at radius 2 is 1.95 bits per heavy atom. The molecule has 0 aliphatic heterocycles. The highest BCUT2D eigenvalue weighted by Gasteiger charge is 2.19. The highest BCUT2D eigenvalue weighted by atomic mass is 32.2. The van der Waals surface area contributed by atoms with Crippen LogP contribution in [0.1, 0.15) is 25.0 Å². The molecule has 0 aliphatic carbocycles. The van der Waals surface area contributed by atoms with Crippen molar-refractivity contribution in [1.29, 1.82) is 0 Å². The third kappa shape index (κ3) is 4.19. The fourth-order valence-electron chi connectivity index (χ4n) is 1.67. The van der Waals surface area contributed by atoms with Gasteiger partial charge in [0.05, 0.1) is 17.6 Å². The minimum absolute atomic E-state index is 0.00592. The van der Waals surface area contributed by atoms with E-state index in [0.29, 0.717) is 17.9 Å². The van der Waals surface area contributed by atoms with Crippen molar-refractivity contribution >= 4 is 10.0 Å². The second kappa shape index (κ2) is 6.36. The molecular formula is C13H21NO4S. The molecule has 1 aromatic carbocycles. The number of hydrogen-bond donors (Lipinski definition) is 2. The molecule has 0 aliphatic rings. The predicted octanol–water partition coefficient (Wildman–Crippen LogP) is 1.36. The average molecular weight is 287 g/mol. The maximum Gasteiger partial charge on any atom is 0.240 e. The molecule has 0 amide bonds. The summed E-state index contributed by atoms with van der Waals surface area (Å²) < 4.78 is 32.0. The maximum atomic E-state index is 12.1. The van der Waals surface area contributed by atoms with Crippen LogP contribution in [0.2, 0.25) is 0 Å². The molecule has 6 heteroatoms. The van der Waals surface area contributed by atoms with Crippen molar-refractivity contribution in [2.24, 2.45) is 0 Å². The minimum atomic E-state index is -3.61. The second-order valence-electron chi connectivity index (χ2n) is 4.52. The summed E-state index contributed by atoms with van der Waals surface area (Å²) in [7, 11) is -3.61. The number of ether oxygens (including phenoxy) is 1. The third-order valence-corrected chi connectivity index (χ3v) is 4.20. The highest BCUT2D eigenvalue weighted by molar-refractivity contribution is 7.89. The highest BCUT2D eigenvalue weighted by Crippen LogP contribution is 2.25. The van der Waals surface area contributed by atoms with Crippen molar-refractivity contribution < 1.29 is 18.3 Å². The Balaban J connectivity index is 3.10. The summed E-state index contributed by atoms with van der Waals surface area (Å²) in [4.78, 5) is 0.217. The van der Waals surface area contributed by atoms with E-state index in [1.54, 1.807) is 26.0 Å². The Morgan fingerprint density at radius 1 is 1.32 bits per heavy atom. The van der Waals surface area contributed by atoms with Crippen LogP contribution in [0.5, 0.6) is 5.75 Å². The molecule has 1 aromatic rings. The number of benzene rings is 1. The first-order valence-corrected chi connectivity index (χ1v) is 7.68. The lowest BCUT2D eigenvalue weighted by molar-refractivity contribution is 0.198. The van der Waals surface area contributed by atoms with Crippen molar-refractivity contribution in [2.75, 3.05) is 13.2 Å². The van der Waals surface area contributed by atoms with E-state index in [0.717, 1.165) is 5.56 Å². The van der Waals surface area contributed by atoms with E-state index in [9.17, 15) is 8.42 Å². The van der Waals surface area contributed by atoms with Crippen molar-refractivity contribution in [1.82, 2.24) is 4.72 Å². The zero-order valence-corrected chi connectivity index (χ0v) is 12.5. The summed E-state index contributed by atoms with van der Waals surface area (Å²) in [6.45, 7) is 7.46. The molecule has 1 rings (SSSR count). The first-order chi connectivity index (χ1) is 8.77. The lowest BCUT2D eigenvalue weighted by Crippen LogP contribution is -2.31. The quantitative estimate of drug-likeness (QED) is 0.828. The van der Waals surface area contributed by atoms with Gasteiger partial charge in [0.2, 0.25) is 10.0 Å². The normalized spacial score (nSPS) is 13.3. The molecule has 0 saturated heterocycles. The number of sulfonamides is 1. The van der Waals surface area contributed by atoms with Crippen LogP contribution in [-0.2, 0) is 10.0 Å². The van der Waals surface area contributed by atoms with Gasteiger partial charge in [0.15, 0.2) is 0 Å². The van der Waals surface area contributed by atoms with Gasteiger partial charge in [-0.2, -0.15) is 0 Å². The van der Waals surface area contributed by atoms with E-state index < -0.39 is 16.1 Å². The number of rotatable bonds is 6. The minimum Gasteiger partial charge on any atom is -0.494 e. The van der Waals surface area contributed by atoms with E-state index in [1.165, 1.54) is 6.92 Å². The number of aryl methyl sites for hydroxylation is 2.